The van der Waals surface area contributed by atoms with E-state index in [-0.39, 0.29) is 17.9 Å². The molecule has 31 heavy (non-hydrogen) atoms. The Kier molecular flexibility index (Phi) is 6.34. The summed E-state index contributed by atoms with van der Waals surface area (Å²) in [7, 11) is 0. The first-order valence-electron chi connectivity index (χ1n) is 10.3. The summed E-state index contributed by atoms with van der Waals surface area (Å²) in [6.45, 7) is 1.97. The standard InChI is InChI=1S/C22H23F3N2O3S/c23-22(24,25)15-5-3-4-14(12-15)13-18(28)26-20-19(16-6-1-2-7-17(16)31-20)21(29)27-8-10-30-11-9-27/h3-5,12H,1-2,6-11,13H2,(H,26,28). The van der Waals surface area contributed by atoms with Crippen molar-refractivity contribution < 1.29 is 27.5 Å². The van der Waals surface area contributed by atoms with Gasteiger partial charge < -0.3 is 15.0 Å². The van der Waals surface area contributed by atoms with Crippen LogP contribution < -0.4 is 5.32 Å². The Bertz CT molecular complexity index is 981. The molecule has 1 aromatic carbocycles. The minimum Gasteiger partial charge on any atom is -0.378 e. The number of carbonyl (C=O) groups is 2. The van der Waals surface area contributed by atoms with Crippen molar-refractivity contribution in [3.63, 3.8) is 0 Å². The van der Waals surface area contributed by atoms with Gasteiger partial charge in [0.1, 0.15) is 5.00 Å². The highest BCUT2D eigenvalue weighted by Crippen LogP contribution is 2.39. The Morgan fingerprint density at radius 3 is 2.61 bits per heavy atom. The van der Waals surface area contributed by atoms with Gasteiger partial charge in [-0.1, -0.05) is 18.2 Å². The van der Waals surface area contributed by atoms with Gasteiger partial charge in [0.15, 0.2) is 0 Å². The van der Waals surface area contributed by atoms with Gasteiger partial charge in [0.2, 0.25) is 5.91 Å². The van der Waals surface area contributed by atoms with E-state index in [0.29, 0.717) is 36.9 Å². The van der Waals surface area contributed by atoms with Gasteiger partial charge in [-0.2, -0.15) is 13.2 Å². The lowest BCUT2D eigenvalue weighted by atomic mass is 9.95. The predicted molar refractivity (Wildman–Crippen MR) is 111 cm³/mol. The monoisotopic (exact) mass is 452 g/mol. The Morgan fingerprint density at radius 1 is 1.13 bits per heavy atom. The SMILES string of the molecule is O=C(Cc1cccc(C(F)(F)F)c1)Nc1sc2c(c1C(=O)N1CCOCC1)CCCC2. The molecule has 2 amide bonds. The number of aryl methyl sites for hydroxylation is 1. The summed E-state index contributed by atoms with van der Waals surface area (Å²) in [4.78, 5) is 28.8. The van der Waals surface area contributed by atoms with Gasteiger partial charge >= 0.3 is 6.18 Å². The van der Waals surface area contributed by atoms with Crippen molar-refractivity contribution in [3.8, 4) is 0 Å². The van der Waals surface area contributed by atoms with E-state index >= 15 is 0 Å². The molecule has 166 valence electrons. The summed E-state index contributed by atoms with van der Waals surface area (Å²) in [5.41, 5.74) is 1.03. The Balaban J connectivity index is 1.56. The molecule has 2 aromatic rings. The normalized spacial score (nSPS) is 16.7. The van der Waals surface area contributed by atoms with Crippen LogP contribution in [0.4, 0.5) is 18.2 Å². The number of halogens is 3. The number of carbonyl (C=O) groups excluding carboxylic acids is 2. The van der Waals surface area contributed by atoms with Crippen LogP contribution in [-0.4, -0.2) is 43.0 Å². The first kappa shape index (κ1) is 21.8. The molecule has 4 rings (SSSR count). The van der Waals surface area contributed by atoms with E-state index in [9.17, 15) is 22.8 Å². The smallest absolute Gasteiger partial charge is 0.378 e. The van der Waals surface area contributed by atoms with E-state index in [4.69, 9.17) is 4.74 Å². The largest absolute Gasteiger partial charge is 0.416 e. The fraction of sp³-hybridized carbons (Fsp3) is 0.455. The predicted octanol–water partition coefficient (Wildman–Crippen LogP) is 4.30. The van der Waals surface area contributed by atoms with Crippen LogP contribution in [0.3, 0.4) is 0 Å². The van der Waals surface area contributed by atoms with E-state index in [1.807, 2.05) is 0 Å². The van der Waals surface area contributed by atoms with Gasteiger partial charge in [-0.15, -0.1) is 11.3 Å². The molecule has 1 saturated heterocycles. The van der Waals surface area contributed by atoms with Crippen LogP contribution in [0.1, 0.15) is 44.8 Å². The second-order valence-electron chi connectivity index (χ2n) is 7.74. The van der Waals surface area contributed by atoms with Crippen LogP contribution in [0.15, 0.2) is 24.3 Å². The lowest BCUT2D eigenvalue weighted by molar-refractivity contribution is -0.137. The van der Waals surface area contributed by atoms with E-state index in [2.05, 4.69) is 5.32 Å². The zero-order valence-corrected chi connectivity index (χ0v) is 17.7. The fourth-order valence-corrected chi connectivity index (χ4v) is 5.32. The topological polar surface area (TPSA) is 58.6 Å². The molecule has 1 aliphatic heterocycles. The lowest BCUT2D eigenvalue weighted by Gasteiger charge is -2.27. The molecular formula is C22H23F3N2O3S. The highest BCUT2D eigenvalue weighted by atomic mass is 32.1. The van der Waals surface area contributed by atoms with Crippen molar-refractivity contribution in [2.75, 3.05) is 31.6 Å². The van der Waals surface area contributed by atoms with Crippen LogP contribution in [0.25, 0.3) is 0 Å². The van der Waals surface area contributed by atoms with Crippen molar-refractivity contribution in [2.45, 2.75) is 38.3 Å². The van der Waals surface area contributed by atoms with Crippen LogP contribution in [-0.2, 0) is 35.0 Å². The molecule has 2 aliphatic rings. The van der Waals surface area contributed by atoms with E-state index < -0.39 is 17.6 Å². The molecule has 0 spiro atoms. The third-order valence-corrected chi connectivity index (χ3v) is 6.76. The average Bonchev–Trinajstić information content (AvgIpc) is 3.11. The zero-order chi connectivity index (χ0) is 22.0. The van der Waals surface area contributed by atoms with Crippen molar-refractivity contribution >= 4 is 28.2 Å². The molecule has 5 nitrogen and oxygen atoms in total. The molecular weight excluding hydrogens is 429 g/mol. The number of hydrogen-bond acceptors (Lipinski definition) is 4. The summed E-state index contributed by atoms with van der Waals surface area (Å²) in [5.74, 6) is -0.550. The van der Waals surface area contributed by atoms with Crippen LogP contribution in [0, 0.1) is 0 Å². The highest BCUT2D eigenvalue weighted by molar-refractivity contribution is 7.17. The minimum absolute atomic E-state index is 0.114. The van der Waals surface area contributed by atoms with Gasteiger partial charge in [0.25, 0.3) is 5.91 Å². The molecule has 0 atom stereocenters. The van der Waals surface area contributed by atoms with Gasteiger partial charge in [0, 0.05) is 18.0 Å². The Hall–Kier alpha value is -2.39. The number of nitrogens with one attached hydrogen (secondary N) is 1. The van der Waals surface area contributed by atoms with Gasteiger partial charge in [0.05, 0.1) is 30.8 Å². The second kappa shape index (κ2) is 9.00. The Morgan fingerprint density at radius 2 is 1.87 bits per heavy atom. The molecule has 1 aromatic heterocycles. The number of ether oxygens (including phenoxy) is 1. The maximum absolute atomic E-state index is 13.2. The number of benzene rings is 1. The summed E-state index contributed by atoms with van der Waals surface area (Å²) in [5, 5.41) is 3.31. The summed E-state index contributed by atoms with van der Waals surface area (Å²) in [6, 6.07) is 4.75. The van der Waals surface area contributed by atoms with Crippen molar-refractivity contribution in [1.82, 2.24) is 4.90 Å². The van der Waals surface area contributed by atoms with E-state index in [0.717, 1.165) is 48.3 Å². The minimum atomic E-state index is -4.46. The first-order valence-corrected chi connectivity index (χ1v) is 11.1. The quantitative estimate of drug-likeness (QED) is 0.753. The molecule has 0 unspecified atom stereocenters. The molecule has 0 bridgehead atoms. The van der Waals surface area contributed by atoms with Crippen molar-refractivity contribution in [2.24, 2.45) is 0 Å². The lowest BCUT2D eigenvalue weighted by Crippen LogP contribution is -2.41. The highest BCUT2D eigenvalue weighted by Gasteiger charge is 2.31. The number of hydrogen-bond donors (Lipinski definition) is 1. The average molecular weight is 452 g/mol. The maximum Gasteiger partial charge on any atom is 0.416 e. The van der Waals surface area contributed by atoms with Crippen LogP contribution in [0.5, 0.6) is 0 Å². The van der Waals surface area contributed by atoms with E-state index in [1.165, 1.54) is 23.5 Å². The maximum atomic E-state index is 13.2. The summed E-state index contributed by atoms with van der Waals surface area (Å²) in [6.07, 6.45) is -0.969. The Labute approximate surface area is 182 Å². The number of morpholine rings is 1. The number of anilines is 1. The van der Waals surface area contributed by atoms with Gasteiger partial charge in [-0.05, 0) is 42.9 Å². The molecule has 0 saturated carbocycles. The zero-order valence-electron chi connectivity index (χ0n) is 16.9. The number of amides is 2. The molecule has 2 heterocycles. The third-order valence-electron chi connectivity index (χ3n) is 5.56. The fourth-order valence-electron chi connectivity index (χ4n) is 4.02. The number of fused-ring (bicyclic) bond motifs is 1. The number of nitrogens with zero attached hydrogens (tertiary/aromatic N) is 1. The molecule has 0 radical (unpaired) electrons. The molecule has 1 N–H and O–H groups in total. The van der Waals surface area contributed by atoms with E-state index in [1.54, 1.807) is 4.90 Å². The van der Waals surface area contributed by atoms with Gasteiger partial charge in [-0.3, -0.25) is 9.59 Å². The molecule has 9 heteroatoms. The van der Waals surface area contributed by atoms with Gasteiger partial charge in [-0.25, -0.2) is 0 Å². The van der Waals surface area contributed by atoms with Crippen molar-refractivity contribution in [1.29, 1.82) is 0 Å². The van der Waals surface area contributed by atoms with Crippen LogP contribution >= 0.6 is 11.3 Å². The molecule has 1 fully saturated rings. The first-order chi connectivity index (χ1) is 14.8. The summed E-state index contributed by atoms with van der Waals surface area (Å²) < 4.78 is 44.2. The number of thiophene rings is 1. The summed E-state index contributed by atoms with van der Waals surface area (Å²) >= 11 is 1.41. The van der Waals surface area contributed by atoms with Crippen LogP contribution in [0.2, 0.25) is 0 Å². The third kappa shape index (κ3) is 4.93. The second-order valence-corrected chi connectivity index (χ2v) is 8.85. The molecule has 1 aliphatic carbocycles. The number of rotatable bonds is 4. The number of alkyl halides is 3. The van der Waals surface area contributed by atoms with Crippen molar-refractivity contribution in [3.05, 3.63) is 51.4 Å².